The van der Waals surface area contributed by atoms with Crippen LogP contribution in [-0.2, 0) is 17.9 Å². The Morgan fingerprint density at radius 2 is 1.85 bits per heavy atom. The zero-order valence-electron chi connectivity index (χ0n) is 18.2. The SMILES string of the molecule is CC1(C(=O)N2CC3(C2)CN(c2nnc4n2-c2ccc(Cl)cc2CN(CC(F)(F)F)C4)C3)CC1. The lowest BCUT2D eigenvalue weighted by molar-refractivity contribution is -0.150. The fraction of sp³-hybridized carbons (Fsp3) is 0.591. The molecule has 176 valence electrons. The summed E-state index contributed by atoms with van der Waals surface area (Å²) in [7, 11) is 0. The number of likely N-dealkylation sites (tertiary alicyclic amines) is 1. The van der Waals surface area contributed by atoms with Crippen LogP contribution < -0.4 is 4.90 Å². The van der Waals surface area contributed by atoms with Crippen molar-refractivity contribution < 1.29 is 18.0 Å². The third kappa shape index (κ3) is 3.58. The van der Waals surface area contributed by atoms with E-state index in [0.717, 1.165) is 44.7 Å². The number of carbonyl (C=O) groups excluding carboxylic acids is 1. The first-order valence-corrected chi connectivity index (χ1v) is 11.5. The molecule has 4 aliphatic rings. The van der Waals surface area contributed by atoms with Crippen molar-refractivity contribution in [2.45, 2.75) is 39.0 Å². The lowest BCUT2D eigenvalue weighted by atomic mass is 9.72. The number of amides is 1. The second-order valence-electron chi connectivity index (χ2n) is 10.4. The van der Waals surface area contributed by atoms with Gasteiger partial charge in [-0.1, -0.05) is 18.5 Å². The number of fused-ring (bicyclic) bond motifs is 3. The Labute approximate surface area is 194 Å². The highest BCUT2D eigenvalue weighted by Gasteiger charge is 2.58. The molecule has 0 unspecified atom stereocenters. The summed E-state index contributed by atoms with van der Waals surface area (Å²) in [6, 6.07) is 5.27. The molecule has 11 heteroatoms. The number of hydrogen-bond acceptors (Lipinski definition) is 5. The van der Waals surface area contributed by atoms with Gasteiger partial charge in [0.1, 0.15) is 0 Å². The average Bonchev–Trinajstić information content (AvgIpc) is 3.32. The van der Waals surface area contributed by atoms with E-state index in [4.69, 9.17) is 11.6 Å². The largest absolute Gasteiger partial charge is 0.401 e. The molecule has 1 aliphatic carbocycles. The van der Waals surface area contributed by atoms with E-state index >= 15 is 0 Å². The number of aromatic nitrogens is 3. The maximum Gasteiger partial charge on any atom is 0.401 e. The molecule has 7 nitrogen and oxygen atoms in total. The fourth-order valence-electron chi connectivity index (χ4n) is 5.42. The summed E-state index contributed by atoms with van der Waals surface area (Å²) in [4.78, 5) is 17.9. The van der Waals surface area contributed by atoms with Gasteiger partial charge >= 0.3 is 6.18 Å². The van der Waals surface area contributed by atoms with E-state index in [2.05, 4.69) is 15.1 Å². The number of anilines is 1. The van der Waals surface area contributed by atoms with E-state index in [1.54, 1.807) is 12.1 Å². The summed E-state index contributed by atoms with van der Waals surface area (Å²) < 4.78 is 41.3. The van der Waals surface area contributed by atoms with Gasteiger partial charge in [0.25, 0.3) is 0 Å². The van der Waals surface area contributed by atoms with Crippen molar-refractivity contribution in [2.24, 2.45) is 10.8 Å². The quantitative estimate of drug-likeness (QED) is 0.675. The molecule has 4 heterocycles. The minimum absolute atomic E-state index is 0.0403. The highest BCUT2D eigenvalue weighted by molar-refractivity contribution is 6.30. The number of rotatable bonds is 3. The van der Waals surface area contributed by atoms with E-state index in [1.165, 1.54) is 4.90 Å². The molecule has 3 fully saturated rings. The van der Waals surface area contributed by atoms with Gasteiger partial charge in [0.05, 0.1) is 18.8 Å². The van der Waals surface area contributed by atoms with Gasteiger partial charge in [-0.15, -0.1) is 10.2 Å². The molecule has 3 aliphatic heterocycles. The van der Waals surface area contributed by atoms with Crippen molar-refractivity contribution >= 4 is 23.5 Å². The third-order valence-electron chi connectivity index (χ3n) is 7.35. The molecule has 0 N–H and O–H groups in total. The van der Waals surface area contributed by atoms with Gasteiger partial charge in [-0.3, -0.25) is 14.3 Å². The Kier molecular flexibility index (Phi) is 4.40. The van der Waals surface area contributed by atoms with Crippen LogP contribution in [0.15, 0.2) is 18.2 Å². The first-order valence-electron chi connectivity index (χ1n) is 11.1. The Morgan fingerprint density at radius 1 is 1.12 bits per heavy atom. The Bertz CT molecular complexity index is 1130. The van der Waals surface area contributed by atoms with Crippen molar-refractivity contribution in [3.63, 3.8) is 0 Å². The lowest BCUT2D eigenvalue weighted by Gasteiger charge is -2.60. The molecule has 1 amide bonds. The highest BCUT2D eigenvalue weighted by Crippen LogP contribution is 2.50. The van der Waals surface area contributed by atoms with E-state index in [1.807, 2.05) is 22.5 Å². The molecule has 1 aromatic carbocycles. The number of alkyl halides is 3. The molecule has 1 aromatic heterocycles. The Hall–Kier alpha value is -2.33. The van der Waals surface area contributed by atoms with Gasteiger partial charge < -0.3 is 9.80 Å². The number of halogens is 4. The molecule has 1 spiro atoms. The van der Waals surface area contributed by atoms with E-state index in [0.29, 0.717) is 22.4 Å². The molecule has 0 radical (unpaired) electrons. The van der Waals surface area contributed by atoms with Crippen molar-refractivity contribution in [1.29, 1.82) is 0 Å². The van der Waals surface area contributed by atoms with E-state index in [9.17, 15) is 18.0 Å². The van der Waals surface area contributed by atoms with Crippen LogP contribution in [0.2, 0.25) is 5.02 Å². The second kappa shape index (κ2) is 6.85. The summed E-state index contributed by atoms with van der Waals surface area (Å²) in [6.07, 6.45) is -2.37. The van der Waals surface area contributed by atoms with Gasteiger partial charge in [-0.25, -0.2) is 0 Å². The minimum Gasteiger partial charge on any atom is -0.341 e. The summed E-state index contributed by atoms with van der Waals surface area (Å²) in [5.41, 5.74) is 1.39. The summed E-state index contributed by atoms with van der Waals surface area (Å²) >= 11 is 6.17. The van der Waals surface area contributed by atoms with Crippen molar-refractivity contribution in [2.75, 3.05) is 37.6 Å². The molecule has 2 aromatic rings. The Morgan fingerprint density at radius 3 is 2.52 bits per heavy atom. The summed E-state index contributed by atoms with van der Waals surface area (Å²) in [5.74, 6) is 1.37. The fourth-order valence-corrected chi connectivity index (χ4v) is 5.61. The topological polar surface area (TPSA) is 57.5 Å². The van der Waals surface area contributed by atoms with Crippen LogP contribution in [-0.4, -0.2) is 69.4 Å². The summed E-state index contributed by atoms with van der Waals surface area (Å²) in [6.45, 7) is 4.18. The maximum absolute atomic E-state index is 13.2. The van der Waals surface area contributed by atoms with Crippen molar-refractivity contribution in [1.82, 2.24) is 24.6 Å². The predicted octanol–water partition coefficient (Wildman–Crippen LogP) is 3.25. The van der Waals surface area contributed by atoms with Crippen LogP contribution in [0.4, 0.5) is 19.1 Å². The third-order valence-corrected chi connectivity index (χ3v) is 7.58. The first-order chi connectivity index (χ1) is 15.5. The predicted molar refractivity (Wildman–Crippen MR) is 115 cm³/mol. The smallest absolute Gasteiger partial charge is 0.341 e. The highest BCUT2D eigenvalue weighted by atomic mass is 35.5. The molecule has 1 saturated carbocycles. The van der Waals surface area contributed by atoms with E-state index in [-0.39, 0.29) is 29.8 Å². The Balaban J connectivity index is 1.24. The second-order valence-corrected chi connectivity index (χ2v) is 10.8. The van der Waals surface area contributed by atoms with Gasteiger partial charge in [-0.2, -0.15) is 13.2 Å². The van der Waals surface area contributed by atoms with Crippen LogP contribution >= 0.6 is 11.6 Å². The van der Waals surface area contributed by atoms with Gasteiger partial charge in [0.15, 0.2) is 5.82 Å². The first kappa shape index (κ1) is 21.2. The monoisotopic (exact) mass is 480 g/mol. The van der Waals surface area contributed by atoms with Crippen LogP contribution in [0.5, 0.6) is 0 Å². The number of nitrogens with zero attached hydrogens (tertiary/aromatic N) is 6. The zero-order chi connectivity index (χ0) is 23.2. The van der Waals surface area contributed by atoms with Crippen LogP contribution in [0.1, 0.15) is 31.2 Å². The molecular weight excluding hydrogens is 457 g/mol. The molecule has 0 atom stereocenters. The van der Waals surface area contributed by atoms with Gasteiger partial charge in [-0.05, 0) is 36.6 Å². The van der Waals surface area contributed by atoms with Crippen molar-refractivity contribution in [3.05, 3.63) is 34.6 Å². The number of hydrogen-bond donors (Lipinski definition) is 0. The molecule has 33 heavy (non-hydrogen) atoms. The minimum atomic E-state index is -4.31. The average molecular weight is 481 g/mol. The maximum atomic E-state index is 13.2. The summed E-state index contributed by atoms with van der Waals surface area (Å²) in [5, 5.41) is 9.10. The number of carbonyl (C=O) groups is 1. The van der Waals surface area contributed by atoms with Crippen LogP contribution in [0.25, 0.3) is 5.69 Å². The van der Waals surface area contributed by atoms with Crippen LogP contribution in [0, 0.1) is 10.8 Å². The molecule has 0 bridgehead atoms. The van der Waals surface area contributed by atoms with Gasteiger partial charge in [0, 0.05) is 48.6 Å². The number of benzene rings is 1. The normalized spacial score (nSPS) is 22.8. The van der Waals surface area contributed by atoms with E-state index < -0.39 is 12.7 Å². The lowest BCUT2D eigenvalue weighted by Crippen LogP contribution is -2.73. The molecule has 2 saturated heterocycles. The molecule has 6 rings (SSSR count). The molecular formula is C22H24ClF3N6O. The zero-order valence-corrected chi connectivity index (χ0v) is 19.0. The van der Waals surface area contributed by atoms with Gasteiger partial charge in [0.2, 0.25) is 11.9 Å². The van der Waals surface area contributed by atoms with Crippen LogP contribution in [0.3, 0.4) is 0 Å². The standard InChI is InChI=1S/C22H24ClF3N6O/c1-20(4-5-20)18(33)30-9-21(10-30)11-31(12-21)19-28-27-17-8-29(13-22(24,25)26)7-14-6-15(23)2-3-16(14)32(17)19/h2-3,6H,4-5,7-13H2,1H3. The van der Waals surface area contributed by atoms with Crippen molar-refractivity contribution in [3.8, 4) is 5.69 Å².